The number of thiophene rings is 1. The van der Waals surface area contributed by atoms with Gasteiger partial charge in [0.25, 0.3) is 5.91 Å². The summed E-state index contributed by atoms with van der Waals surface area (Å²) in [6, 6.07) is 5.62. The molecule has 0 saturated carbocycles. The molecule has 3 aromatic rings. The number of carbonyl (C=O) groups excluding carboxylic acids is 1. The minimum atomic E-state index is -0.0694. The first-order valence-corrected chi connectivity index (χ1v) is 9.94. The molecule has 0 spiro atoms. The van der Waals surface area contributed by atoms with Crippen molar-refractivity contribution >= 4 is 44.7 Å². The molecule has 5 heteroatoms. The van der Waals surface area contributed by atoms with Gasteiger partial charge in [-0.25, -0.2) is 0 Å². The topological polar surface area (TPSA) is 44.9 Å². The molecule has 0 bridgehead atoms. The van der Waals surface area contributed by atoms with Crippen molar-refractivity contribution in [3.05, 3.63) is 50.5 Å². The molecule has 130 valence electrons. The summed E-state index contributed by atoms with van der Waals surface area (Å²) in [5.74, 6) is -0.0694. The standard InChI is InChI=1S/C20H21ClN2OS/c1-11-8-9-13(10-15(11)21)22-20(24)17-12(2)25-19-14-6-4-3-5-7-16(14)23-18(17)19/h8-10,23H,3-7H2,1-2H3,(H,22,24). The fraction of sp³-hybridized carbons (Fsp3) is 0.350. The Morgan fingerprint density at radius 2 is 2.00 bits per heavy atom. The van der Waals surface area contributed by atoms with Gasteiger partial charge in [-0.2, -0.15) is 0 Å². The van der Waals surface area contributed by atoms with Crippen molar-refractivity contribution in [1.82, 2.24) is 4.98 Å². The number of rotatable bonds is 2. The number of hydrogen-bond acceptors (Lipinski definition) is 2. The smallest absolute Gasteiger partial charge is 0.258 e. The number of hydrogen-bond donors (Lipinski definition) is 2. The number of aromatic amines is 1. The fourth-order valence-corrected chi connectivity index (χ4v) is 5.02. The Hall–Kier alpha value is -1.78. The lowest BCUT2D eigenvalue weighted by Crippen LogP contribution is -2.12. The average Bonchev–Trinajstić information content (AvgIpc) is 2.94. The molecule has 0 radical (unpaired) electrons. The zero-order chi connectivity index (χ0) is 17.6. The minimum Gasteiger partial charge on any atom is -0.357 e. The third-order valence-corrected chi connectivity index (χ3v) is 6.58. The van der Waals surface area contributed by atoms with E-state index in [4.69, 9.17) is 11.6 Å². The van der Waals surface area contributed by atoms with Gasteiger partial charge in [-0.15, -0.1) is 11.3 Å². The van der Waals surface area contributed by atoms with Gasteiger partial charge in [0.1, 0.15) is 0 Å². The number of aryl methyl sites for hydroxylation is 4. The Morgan fingerprint density at radius 3 is 2.80 bits per heavy atom. The molecule has 1 aromatic carbocycles. The molecule has 0 aliphatic heterocycles. The quantitative estimate of drug-likeness (QED) is 0.530. The number of aromatic nitrogens is 1. The van der Waals surface area contributed by atoms with Crippen LogP contribution < -0.4 is 5.32 Å². The van der Waals surface area contributed by atoms with Crippen LogP contribution in [0.4, 0.5) is 5.69 Å². The zero-order valence-electron chi connectivity index (χ0n) is 14.5. The van der Waals surface area contributed by atoms with Crippen LogP contribution in [0.25, 0.3) is 10.2 Å². The third kappa shape index (κ3) is 2.98. The second-order valence-electron chi connectivity index (χ2n) is 6.80. The van der Waals surface area contributed by atoms with Crippen LogP contribution >= 0.6 is 22.9 Å². The van der Waals surface area contributed by atoms with Crippen LogP contribution in [0, 0.1) is 13.8 Å². The van der Waals surface area contributed by atoms with Gasteiger partial charge in [-0.3, -0.25) is 4.79 Å². The van der Waals surface area contributed by atoms with Gasteiger partial charge in [0.15, 0.2) is 0 Å². The molecule has 0 saturated heterocycles. The number of benzene rings is 1. The lowest BCUT2D eigenvalue weighted by molar-refractivity contribution is 0.102. The van der Waals surface area contributed by atoms with Crippen molar-refractivity contribution in [3.63, 3.8) is 0 Å². The molecule has 2 heterocycles. The van der Waals surface area contributed by atoms with E-state index in [0.29, 0.717) is 5.02 Å². The lowest BCUT2D eigenvalue weighted by atomic mass is 10.1. The first-order valence-electron chi connectivity index (χ1n) is 8.75. The summed E-state index contributed by atoms with van der Waals surface area (Å²) in [6.07, 6.45) is 5.95. The predicted molar refractivity (Wildman–Crippen MR) is 106 cm³/mol. The molecule has 0 fully saturated rings. The molecular formula is C20H21ClN2OS. The Morgan fingerprint density at radius 1 is 1.20 bits per heavy atom. The third-order valence-electron chi connectivity index (χ3n) is 5.01. The first-order chi connectivity index (χ1) is 12.0. The Bertz CT molecular complexity index is 970. The van der Waals surface area contributed by atoms with Gasteiger partial charge in [0.05, 0.1) is 15.8 Å². The van der Waals surface area contributed by atoms with E-state index >= 15 is 0 Å². The van der Waals surface area contributed by atoms with Gasteiger partial charge < -0.3 is 10.3 Å². The summed E-state index contributed by atoms with van der Waals surface area (Å²) in [5.41, 5.74) is 6.26. The highest BCUT2D eigenvalue weighted by Gasteiger charge is 2.23. The normalized spacial score (nSPS) is 14.4. The number of nitrogens with one attached hydrogen (secondary N) is 2. The molecule has 1 aliphatic carbocycles. The number of carbonyl (C=O) groups is 1. The van der Waals surface area contributed by atoms with Gasteiger partial charge in [0, 0.05) is 21.3 Å². The van der Waals surface area contributed by atoms with Crippen molar-refractivity contribution in [1.29, 1.82) is 0 Å². The van der Waals surface area contributed by atoms with E-state index in [0.717, 1.165) is 40.0 Å². The molecule has 2 aromatic heterocycles. The Labute approximate surface area is 156 Å². The summed E-state index contributed by atoms with van der Waals surface area (Å²) in [6.45, 7) is 3.98. The number of H-pyrrole nitrogens is 1. The predicted octanol–water partition coefficient (Wildman–Crippen LogP) is 6.02. The number of amides is 1. The van der Waals surface area contributed by atoms with Gasteiger partial charge in [0.2, 0.25) is 0 Å². The van der Waals surface area contributed by atoms with Crippen molar-refractivity contribution in [2.75, 3.05) is 5.32 Å². The second-order valence-corrected chi connectivity index (χ2v) is 8.43. The summed E-state index contributed by atoms with van der Waals surface area (Å²) < 4.78 is 1.27. The van der Waals surface area contributed by atoms with E-state index < -0.39 is 0 Å². The van der Waals surface area contributed by atoms with Crippen LogP contribution in [0.1, 0.15) is 51.3 Å². The zero-order valence-corrected chi connectivity index (χ0v) is 16.0. The molecule has 3 nitrogen and oxygen atoms in total. The fourth-order valence-electron chi connectivity index (χ4n) is 3.64. The molecule has 0 atom stereocenters. The maximum absolute atomic E-state index is 12.9. The van der Waals surface area contributed by atoms with Gasteiger partial charge in [-0.05, 0) is 62.8 Å². The van der Waals surface area contributed by atoms with Crippen molar-refractivity contribution in [2.45, 2.75) is 46.0 Å². The van der Waals surface area contributed by atoms with Crippen LogP contribution in [0.5, 0.6) is 0 Å². The first kappa shape index (κ1) is 16.7. The molecular weight excluding hydrogens is 352 g/mol. The average molecular weight is 373 g/mol. The van der Waals surface area contributed by atoms with Crippen LogP contribution in [-0.2, 0) is 12.8 Å². The van der Waals surface area contributed by atoms with E-state index in [1.165, 1.54) is 35.2 Å². The number of fused-ring (bicyclic) bond motifs is 3. The number of anilines is 1. The van der Waals surface area contributed by atoms with Crippen LogP contribution in [0.3, 0.4) is 0 Å². The summed E-state index contributed by atoms with van der Waals surface area (Å²) in [7, 11) is 0. The maximum atomic E-state index is 12.9. The van der Waals surface area contributed by atoms with Crippen molar-refractivity contribution < 1.29 is 4.79 Å². The summed E-state index contributed by atoms with van der Waals surface area (Å²) in [4.78, 5) is 17.5. The van der Waals surface area contributed by atoms with Crippen molar-refractivity contribution in [2.24, 2.45) is 0 Å². The Kier molecular flexibility index (Phi) is 4.34. The highest BCUT2D eigenvalue weighted by atomic mass is 35.5. The number of halogens is 1. The molecule has 2 N–H and O–H groups in total. The minimum absolute atomic E-state index is 0.0694. The molecule has 4 rings (SSSR count). The van der Waals surface area contributed by atoms with Gasteiger partial charge in [-0.1, -0.05) is 24.1 Å². The highest BCUT2D eigenvalue weighted by Crippen LogP contribution is 2.37. The Balaban J connectivity index is 1.71. The summed E-state index contributed by atoms with van der Waals surface area (Å²) in [5, 5.41) is 3.66. The van der Waals surface area contributed by atoms with E-state index in [-0.39, 0.29) is 5.91 Å². The molecule has 0 unspecified atom stereocenters. The molecule has 1 amide bonds. The lowest BCUT2D eigenvalue weighted by Gasteiger charge is -2.07. The SMILES string of the molecule is Cc1ccc(NC(=O)c2c(C)sc3c4c([nH]c23)CCCCC4)cc1Cl. The van der Waals surface area contributed by atoms with Crippen molar-refractivity contribution in [3.8, 4) is 0 Å². The van der Waals surface area contributed by atoms with E-state index in [1.54, 1.807) is 17.4 Å². The highest BCUT2D eigenvalue weighted by molar-refractivity contribution is 7.19. The van der Waals surface area contributed by atoms with E-state index in [1.807, 2.05) is 26.0 Å². The van der Waals surface area contributed by atoms with Crippen LogP contribution in [0.2, 0.25) is 5.02 Å². The second kappa shape index (κ2) is 6.50. The van der Waals surface area contributed by atoms with Crippen LogP contribution in [-0.4, -0.2) is 10.9 Å². The van der Waals surface area contributed by atoms with Gasteiger partial charge >= 0.3 is 0 Å². The maximum Gasteiger partial charge on any atom is 0.258 e. The van der Waals surface area contributed by atoms with E-state index in [2.05, 4.69) is 10.3 Å². The largest absolute Gasteiger partial charge is 0.357 e. The monoisotopic (exact) mass is 372 g/mol. The molecule has 1 aliphatic rings. The van der Waals surface area contributed by atoms with E-state index in [9.17, 15) is 4.79 Å². The summed E-state index contributed by atoms with van der Waals surface area (Å²) >= 11 is 7.91. The molecule has 25 heavy (non-hydrogen) atoms. The van der Waals surface area contributed by atoms with Crippen LogP contribution in [0.15, 0.2) is 18.2 Å².